The monoisotopic (exact) mass is 632 g/mol. The molecule has 0 saturated carbocycles. The van der Waals surface area contributed by atoms with Crippen molar-refractivity contribution < 1.29 is 27.5 Å². The minimum Gasteiger partial charge on any atom is -0.481 e. The van der Waals surface area contributed by atoms with Crippen molar-refractivity contribution in [2.45, 2.75) is 71.5 Å². The predicted molar refractivity (Wildman–Crippen MR) is 176 cm³/mol. The molecular weight excluding hydrogens is 584 g/mol. The molecule has 0 bridgehead atoms. The van der Waals surface area contributed by atoms with Gasteiger partial charge in [-0.1, -0.05) is 56.0 Å². The van der Waals surface area contributed by atoms with Gasteiger partial charge in [0.1, 0.15) is 6.17 Å². The topological polar surface area (TPSA) is 59.1 Å². The van der Waals surface area contributed by atoms with E-state index in [9.17, 15) is 27.5 Å². The maximum Gasteiger partial charge on any atom is 0.416 e. The van der Waals surface area contributed by atoms with Crippen LogP contribution in [0.25, 0.3) is 0 Å². The highest BCUT2D eigenvalue weighted by molar-refractivity contribution is 5.70. The molecule has 3 unspecified atom stereocenters. The Morgan fingerprint density at radius 1 is 1.16 bits per heavy atom. The standard InChI is InChI=1S/C35H48F4N4O2/c1-8-12-30(18-17-26(4)36)42-21-19-41(20-22-42)28(6)43(31-15-11-14-29(23-31)35(37,38)39)33(24-34(44)45)32(27(5)40-7)16-10-13-25(3)9-2/h9,11-18,23,26,28,33,40H,2,5,8,10,19-22,24H2,1,3-4,6-7H3,(H,44,45)/b18-17-,25-13-,30-12+,32-16+. The quantitative estimate of drug-likeness (QED) is 0.144. The Hall–Kier alpha value is -3.79. The van der Waals surface area contributed by atoms with E-state index in [4.69, 9.17) is 0 Å². The van der Waals surface area contributed by atoms with Gasteiger partial charge in [-0.05, 0) is 69.5 Å². The number of hydrogen-bond donors (Lipinski definition) is 2. The van der Waals surface area contributed by atoms with Crippen molar-refractivity contribution in [3.63, 3.8) is 0 Å². The molecule has 3 atom stereocenters. The van der Waals surface area contributed by atoms with Gasteiger partial charge in [-0.25, -0.2) is 4.39 Å². The lowest BCUT2D eigenvalue weighted by molar-refractivity contribution is -0.138. The van der Waals surface area contributed by atoms with Gasteiger partial charge in [0.2, 0.25) is 0 Å². The zero-order valence-corrected chi connectivity index (χ0v) is 27.1. The van der Waals surface area contributed by atoms with Crippen molar-refractivity contribution in [1.29, 1.82) is 0 Å². The fourth-order valence-electron chi connectivity index (χ4n) is 5.35. The minimum absolute atomic E-state index is 0.255. The van der Waals surface area contributed by atoms with Crippen molar-refractivity contribution in [1.82, 2.24) is 15.1 Å². The van der Waals surface area contributed by atoms with Crippen LogP contribution in [-0.2, 0) is 11.0 Å². The number of nitrogens with zero attached hydrogens (tertiary/aromatic N) is 3. The van der Waals surface area contributed by atoms with E-state index in [1.807, 2.05) is 39.0 Å². The number of aliphatic carboxylic acids is 1. The van der Waals surface area contributed by atoms with Crippen molar-refractivity contribution in [2.75, 3.05) is 38.1 Å². The second-order valence-corrected chi connectivity index (χ2v) is 11.1. The Morgan fingerprint density at radius 2 is 1.82 bits per heavy atom. The summed E-state index contributed by atoms with van der Waals surface area (Å²) in [6.07, 6.45) is 5.56. The van der Waals surface area contributed by atoms with Crippen molar-refractivity contribution >= 4 is 11.7 Å². The number of likely N-dealkylation sites (N-methyl/N-ethyl adjacent to an activating group) is 1. The maximum atomic E-state index is 13.9. The Kier molecular flexibility index (Phi) is 14.7. The van der Waals surface area contributed by atoms with Gasteiger partial charge in [-0.2, -0.15) is 13.2 Å². The van der Waals surface area contributed by atoms with Gasteiger partial charge >= 0.3 is 12.1 Å². The maximum absolute atomic E-state index is 13.9. The molecule has 2 N–H and O–H groups in total. The largest absolute Gasteiger partial charge is 0.481 e. The molecule has 1 fully saturated rings. The molecule has 0 amide bonds. The Balaban J connectivity index is 2.63. The summed E-state index contributed by atoms with van der Waals surface area (Å²) in [5.74, 6) is -1.09. The van der Waals surface area contributed by atoms with Crippen LogP contribution in [0.2, 0.25) is 0 Å². The molecule has 2 rings (SSSR count). The first kappa shape index (κ1) is 37.4. The number of piperazine rings is 1. The van der Waals surface area contributed by atoms with Crippen LogP contribution in [0.15, 0.2) is 96.4 Å². The van der Waals surface area contributed by atoms with Gasteiger partial charge in [-0.15, -0.1) is 0 Å². The van der Waals surface area contributed by atoms with Gasteiger partial charge in [0, 0.05) is 50.3 Å². The zero-order valence-electron chi connectivity index (χ0n) is 27.1. The normalized spacial score (nSPS) is 17.6. The van der Waals surface area contributed by atoms with Crippen LogP contribution in [0.1, 0.15) is 52.5 Å². The molecule has 248 valence electrons. The molecule has 1 aliphatic rings. The number of carboxylic acids is 1. The number of carbonyl (C=O) groups is 1. The molecule has 0 spiro atoms. The number of alkyl halides is 4. The van der Waals surface area contributed by atoms with E-state index < -0.39 is 36.1 Å². The van der Waals surface area contributed by atoms with E-state index in [2.05, 4.69) is 28.3 Å². The Labute approximate surface area is 265 Å². The van der Waals surface area contributed by atoms with Crippen molar-refractivity contribution in [2.24, 2.45) is 0 Å². The smallest absolute Gasteiger partial charge is 0.416 e. The van der Waals surface area contributed by atoms with E-state index in [0.29, 0.717) is 43.9 Å². The van der Waals surface area contributed by atoms with Gasteiger partial charge in [0.15, 0.2) is 0 Å². The number of allylic oxidation sites excluding steroid dienone is 7. The molecule has 1 aliphatic heterocycles. The molecule has 1 saturated heterocycles. The second kappa shape index (κ2) is 17.6. The Bertz CT molecular complexity index is 1270. The number of benzene rings is 1. The number of halogens is 4. The average molecular weight is 633 g/mol. The summed E-state index contributed by atoms with van der Waals surface area (Å²) in [4.78, 5) is 18.4. The van der Waals surface area contributed by atoms with Gasteiger partial charge in [0.05, 0.1) is 24.2 Å². The van der Waals surface area contributed by atoms with E-state index in [1.165, 1.54) is 19.1 Å². The van der Waals surface area contributed by atoms with Gasteiger partial charge in [-0.3, -0.25) is 9.69 Å². The van der Waals surface area contributed by atoms with Gasteiger partial charge < -0.3 is 20.2 Å². The summed E-state index contributed by atoms with van der Waals surface area (Å²) >= 11 is 0. The first-order valence-corrected chi connectivity index (χ1v) is 15.3. The zero-order chi connectivity index (χ0) is 33.7. The summed E-state index contributed by atoms with van der Waals surface area (Å²) in [7, 11) is 1.68. The van der Waals surface area contributed by atoms with E-state index in [0.717, 1.165) is 29.8 Å². The van der Waals surface area contributed by atoms with E-state index in [-0.39, 0.29) is 12.1 Å². The lowest BCUT2D eigenvalue weighted by atomic mass is 9.95. The fourth-order valence-corrected chi connectivity index (χ4v) is 5.35. The highest BCUT2D eigenvalue weighted by Crippen LogP contribution is 2.35. The molecule has 0 aliphatic carbocycles. The number of carboxylic acid groups (broad SMARTS) is 1. The van der Waals surface area contributed by atoms with Crippen LogP contribution in [0.5, 0.6) is 0 Å². The average Bonchev–Trinajstić information content (AvgIpc) is 3.00. The van der Waals surface area contributed by atoms with Crippen LogP contribution in [0.3, 0.4) is 0 Å². The van der Waals surface area contributed by atoms with Gasteiger partial charge in [0.25, 0.3) is 0 Å². The third-order valence-corrected chi connectivity index (χ3v) is 7.84. The highest BCUT2D eigenvalue weighted by Gasteiger charge is 2.36. The van der Waals surface area contributed by atoms with E-state index in [1.54, 1.807) is 30.2 Å². The molecule has 1 heterocycles. The fraction of sp³-hybridized carbons (Fsp3) is 0.457. The molecular formula is C35H48F4N4O2. The number of anilines is 1. The molecule has 0 radical (unpaired) electrons. The Morgan fingerprint density at radius 3 is 2.36 bits per heavy atom. The van der Waals surface area contributed by atoms with E-state index >= 15 is 0 Å². The lowest BCUT2D eigenvalue weighted by Gasteiger charge is -2.47. The summed E-state index contributed by atoms with van der Waals surface area (Å²) < 4.78 is 55.2. The molecule has 1 aromatic carbocycles. The van der Waals surface area contributed by atoms with Crippen LogP contribution < -0.4 is 10.2 Å². The SMILES string of the molecule is C=C/C(C)=C\C/C=C(\C(=C)NC)C(CC(=O)O)N(c1cccc(C(F)(F)F)c1)C(C)N1CCN(C(/C=C\C(C)F)=C/CC)CC1. The molecule has 10 heteroatoms. The predicted octanol–water partition coefficient (Wildman–Crippen LogP) is 7.71. The highest BCUT2D eigenvalue weighted by atomic mass is 19.4. The van der Waals surface area contributed by atoms with Crippen LogP contribution in [0.4, 0.5) is 23.2 Å². The summed E-state index contributed by atoms with van der Waals surface area (Å²) in [5, 5.41) is 13.1. The lowest BCUT2D eigenvalue weighted by Crippen LogP contribution is -2.58. The molecule has 0 aromatic heterocycles. The molecule has 1 aromatic rings. The van der Waals surface area contributed by atoms with Crippen molar-refractivity contribution in [3.8, 4) is 0 Å². The molecule has 6 nitrogen and oxygen atoms in total. The number of nitrogens with one attached hydrogen (secondary N) is 1. The minimum atomic E-state index is -4.58. The number of hydrogen-bond acceptors (Lipinski definition) is 5. The molecule has 45 heavy (non-hydrogen) atoms. The van der Waals surface area contributed by atoms with Crippen LogP contribution in [0, 0.1) is 0 Å². The van der Waals surface area contributed by atoms with Crippen LogP contribution in [-0.4, -0.2) is 72.5 Å². The summed E-state index contributed by atoms with van der Waals surface area (Å²) in [5.41, 5.74) is 2.35. The van der Waals surface area contributed by atoms with Crippen LogP contribution >= 0.6 is 0 Å². The first-order valence-electron chi connectivity index (χ1n) is 15.3. The summed E-state index contributed by atoms with van der Waals surface area (Å²) in [6, 6.07) is 4.18. The third-order valence-electron chi connectivity index (χ3n) is 7.84. The number of rotatable bonds is 16. The first-order chi connectivity index (χ1) is 21.2. The summed E-state index contributed by atoms with van der Waals surface area (Å²) in [6.45, 7) is 17.5. The van der Waals surface area contributed by atoms with Crippen molar-refractivity contribution in [3.05, 3.63) is 102 Å². The second-order valence-electron chi connectivity index (χ2n) is 11.1. The third kappa shape index (κ3) is 11.3.